The van der Waals surface area contributed by atoms with Crippen molar-refractivity contribution in [3.05, 3.63) is 63.1 Å². The lowest BCUT2D eigenvalue weighted by atomic mass is 10.1. The lowest BCUT2D eigenvalue weighted by Crippen LogP contribution is -2.43. The van der Waals surface area contributed by atoms with E-state index in [0.29, 0.717) is 11.3 Å². The molecule has 0 bridgehead atoms. The average molecular weight is 502 g/mol. The van der Waals surface area contributed by atoms with Gasteiger partial charge in [0.1, 0.15) is 0 Å². The first kappa shape index (κ1) is 23.5. The van der Waals surface area contributed by atoms with E-state index in [-0.39, 0.29) is 13.0 Å². The lowest BCUT2D eigenvalue weighted by molar-refractivity contribution is -0.151. The summed E-state index contributed by atoms with van der Waals surface area (Å²) in [7, 11) is 0. The van der Waals surface area contributed by atoms with E-state index in [0.717, 1.165) is 26.2 Å². The van der Waals surface area contributed by atoms with Crippen LogP contribution in [0.1, 0.15) is 33.5 Å². The van der Waals surface area contributed by atoms with Crippen molar-refractivity contribution < 1.29 is 23.9 Å². The average Bonchev–Trinajstić information content (AvgIpc) is 3.10. The first-order valence-corrected chi connectivity index (χ1v) is 10.8. The van der Waals surface area contributed by atoms with Crippen LogP contribution in [0.5, 0.6) is 0 Å². The van der Waals surface area contributed by atoms with Gasteiger partial charge in [-0.1, -0.05) is 33.6 Å². The smallest absolute Gasteiger partial charge is 0.311 e. The standard InChI is InChI=1S/C23H24BrN3O5/c1-13-5-4-6-16(7-13)22(30)26-27-11-17(10-21(27)29)23(31)32-12-20(28)25-19-9-14(2)18(24)8-15(19)3/h4-9,17H,10-12H2,1-3H3,(H,25,28)(H,26,30)/t17-/m0/s1. The molecule has 1 fully saturated rings. The number of nitrogens with one attached hydrogen (secondary N) is 2. The maximum atomic E-state index is 12.4. The number of hydrogen-bond acceptors (Lipinski definition) is 5. The molecule has 1 heterocycles. The molecule has 0 spiro atoms. The third kappa shape index (κ3) is 5.73. The first-order valence-electron chi connectivity index (χ1n) is 10.1. The zero-order chi connectivity index (χ0) is 23.4. The quantitative estimate of drug-likeness (QED) is 0.591. The van der Waals surface area contributed by atoms with Crippen LogP contribution in [-0.2, 0) is 19.1 Å². The fraction of sp³-hybridized carbons (Fsp3) is 0.304. The Morgan fingerprint density at radius 2 is 1.88 bits per heavy atom. The molecule has 0 aromatic heterocycles. The lowest BCUT2D eigenvalue weighted by Gasteiger charge is -2.17. The molecule has 2 aromatic carbocycles. The molecule has 0 unspecified atom stereocenters. The molecule has 1 aliphatic rings. The van der Waals surface area contributed by atoms with Gasteiger partial charge in [-0.15, -0.1) is 0 Å². The Morgan fingerprint density at radius 3 is 2.59 bits per heavy atom. The molecule has 2 N–H and O–H groups in total. The second kappa shape index (κ2) is 9.95. The Hall–Kier alpha value is -3.20. The van der Waals surface area contributed by atoms with Gasteiger partial charge in [-0.2, -0.15) is 0 Å². The van der Waals surface area contributed by atoms with Crippen LogP contribution in [0.2, 0.25) is 0 Å². The molecule has 32 heavy (non-hydrogen) atoms. The summed E-state index contributed by atoms with van der Waals surface area (Å²) in [5, 5.41) is 3.83. The molecule has 0 aliphatic carbocycles. The topological polar surface area (TPSA) is 105 Å². The van der Waals surface area contributed by atoms with E-state index >= 15 is 0 Å². The molecule has 0 saturated carbocycles. The van der Waals surface area contributed by atoms with Gasteiger partial charge in [0.25, 0.3) is 11.8 Å². The third-order valence-electron chi connectivity index (χ3n) is 5.10. The Kier molecular flexibility index (Phi) is 7.29. The summed E-state index contributed by atoms with van der Waals surface area (Å²) < 4.78 is 6.04. The van der Waals surface area contributed by atoms with Gasteiger partial charge in [-0.05, 0) is 56.2 Å². The van der Waals surface area contributed by atoms with Gasteiger partial charge < -0.3 is 10.1 Å². The summed E-state index contributed by atoms with van der Waals surface area (Å²) in [6.07, 6.45) is -0.0977. The summed E-state index contributed by atoms with van der Waals surface area (Å²) in [4.78, 5) is 49.1. The van der Waals surface area contributed by atoms with Crippen molar-refractivity contribution in [2.45, 2.75) is 27.2 Å². The van der Waals surface area contributed by atoms with E-state index < -0.39 is 36.2 Å². The normalized spacial score (nSPS) is 15.4. The maximum absolute atomic E-state index is 12.4. The van der Waals surface area contributed by atoms with Gasteiger partial charge in [0.15, 0.2) is 6.61 Å². The van der Waals surface area contributed by atoms with Crippen molar-refractivity contribution in [2.75, 3.05) is 18.5 Å². The number of hydrazine groups is 1. The molecule has 3 amide bonds. The van der Waals surface area contributed by atoms with Crippen molar-refractivity contribution in [1.82, 2.24) is 10.4 Å². The first-order chi connectivity index (χ1) is 15.1. The van der Waals surface area contributed by atoms with Crippen molar-refractivity contribution in [3.8, 4) is 0 Å². The highest BCUT2D eigenvalue weighted by Crippen LogP contribution is 2.24. The molecule has 8 nitrogen and oxygen atoms in total. The molecule has 1 aliphatic heterocycles. The fourth-order valence-corrected chi connectivity index (χ4v) is 3.76. The number of rotatable bonds is 6. The Bertz CT molecular complexity index is 1090. The monoisotopic (exact) mass is 501 g/mol. The second-order valence-corrected chi connectivity index (χ2v) is 8.64. The summed E-state index contributed by atoms with van der Waals surface area (Å²) >= 11 is 3.43. The van der Waals surface area contributed by atoms with Crippen LogP contribution in [0.3, 0.4) is 0 Å². The summed E-state index contributed by atoms with van der Waals surface area (Å²) in [6, 6.07) is 10.7. The van der Waals surface area contributed by atoms with Crippen molar-refractivity contribution in [2.24, 2.45) is 5.92 Å². The maximum Gasteiger partial charge on any atom is 0.311 e. The minimum absolute atomic E-state index is 0.0120. The number of ether oxygens (including phenoxy) is 1. The van der Waals surface area contributed by atoms with Crippen LogP contribution in [0.15, 0.2) is 40.9 Å². The van der Waals surface area contributed by atoms with Crippen LogP contribution in [-0.4, -0.2) is 41.9 Å². The highest BCUT2D eigenvalue weighted by atomic mass is 79.9. The summed E-state index contributed by atoms with van der Waals surface area (Å²) in [5.74, 6) is -2.72. The van der Waals surface area contributed by atoms with Gasteiger partial charge in [-0.3, -0.25) is 29.6 Å². The minimum Gasteiger partial charge on any atom is -0.455 e. The summed E-state index contributed by atoms with van der Waals surface area (Å²) in [5.41, 5.74) is 6.31. The number of benzene rings is 2. The molecule has 1 atom stereocenters. The Labute approximate surface area is 194 Å². The van der Waals surface area contributed by atoms with E-state index in [1.807, 2.05) is 39.0 Å². The van der Waals surface area contributed by atoms with Crippen LogP contribution < -0.4 is 10.7 Å². The molecule has 2 aromatic rings. The minimum atomic E-state index is -0.759. The molecular formula is C23H24BrN3O5. The Balaban J connectivity index is 1.50. The molecule has 3 rings (SSSR count). The van der Waals surface area contributed by atoms with Gasteiger partial charge in [-0.25, -0.2) is 0 Å². The van der Waals surface area contributed by atoms with E-state index in [1.165, 1.54) is 0 Å². The van der Waals surface area contributed by atoms with Crippen molar-refractivity contribution in [1.29, 1.82) is 0 Å². The van der Waals surface area contributed by atoms with E-state index in [9.17, 15) is 19.2 Å². The molecule has 0 radical (unpaired) electrons. The highest BCUT2D eigenvalue weighted by molar-refractivity contribution is 9.10. The molecule has 1 saturated heterocycles. The number of carbonyl (C=O) groups is 4. The van der Waals surface area contributed by atoms with Crippen molar-refractivity contribution in [3.63, 3.8) is 0 Å². The largest absolute Gasteiger partial charge is 0.455 e. The SMILES string of the molecule is Cc1cccc(C(=O)NN2C[C@@H](C(=O)OCC(=O)Nc3cc(C)c(Br)cc3C)CC2=O)c1. The number of anilines is 1. The number of carbonyl (C=O) groups excluding carboxylic acids is 4. The number of halogens is 1. The number of aryl methyl sites for hydroxylation is 3. The van der Waals surface area contributed by atoms with E-state index in [1.54, 1.807) is 18.2 Å². The van der Waals surface area contributed by atoms with Crippen LogP contribution in [0.25, 0.3) is 0 Å². The van der Waals surface area contributed by atoms with E-state index in [2.05, 4.69) is 26.7 Å². The second-order valence-electron chi connectivity index (χ2n) is 7.79. The van der Waals surface area contributed by atoms with Crippen LogP contribution in [0, 0.1) is 26.7 Å². The molecular weight excluding hydrogens is 478 g/mol. The van der Waals surface area contributed by atoms with Crippen molar-refractivity contribution >= 4 is 45.3 Å². The number of esters is 1. The number of amides is 3. The van der Waals surface area contributed by atoms with Gasteiger partial charge in [0, 0.05) is 22.1 Å². The third-order valence-corrected chi connectivity index (χ3v) is 5.95. The highest BCUT2D eigenvalue weighted by Gasteiger charge is 2.36. The number of hydrogen-bond donors (Lipinski definition) is 2. The van der Waals surface area contributed by atoms with Gasteiger partial charge >= 0.3 is 5.97 Å². The van der Waals surface area contributed by atoms with Crippen LogP contribution in [0.4, 0.5) is 5.69 Å². The van der Waals surface area contributed by atoms with Crippen LogP contribution >= 0.6 is 15.9 Å². The molecule has 9 heteroatoms. The predicted molar refractivity (Wildman–Crippen MR) is 122 cm³/mol. The Morgan fingerprint density at radius 1 is 1.12 bits per heavy atom. The van der Waals surface area contributed by atoms with E-state index in [4.69, 9.17) is 4.74 Å². The number of nitrogens with zero attached hydrogens (tertiary/aromatic N) is 1. The van der Waals surface area contributed by atoms with Gasteiger partial charge in [0.2, 0.25) is 5.91 Å². The fourth-order valence-electron chi connectivity index (χ4n) is 3.30. The van der Waals surface area contributed by atoms with Gasteiger partial charge in [0.05, 0.1) is 12.5 Å². The zero-order valence-corrected chi connectivity index (χ0v) is 19.6. The predicted octanol–water partition coefficient (Wildman–Crippen LogP) is 3.05. The zero-order valence-electron chi connectivity index (χ0n) is 18.0. The summed E-state index contributed by atoms with van der Waals surface area (Å²) in [6.45, 7) is 5.14. The molecule has 168 valence electrons.